The van der Waals surface area contributed by atoms with Crippen molar-refractivity contribution >= 4 is 31.1 Å². The largest absolute Gasteiger partial charge is 0.524 e. The molecule has 0 radical (unpaired) electrons. The topological polar surface area (TPSA) is 136 Å². The molecule has 3 N–H and O–H groups in total. The minimum absolute atomic E-state index is 0.00609. The number of hydrogen-bond donors (Lipinski definition) is 3. The van der Waals surface area contributed by atoms with Crippen LogP contribution in [0.5, 0.6) is 5.75 Å². The van der Waals surface area contributed by atoms with Gasteiger partial charge in [-0.3, -0.25) is 24.2 Å². The van der Waals surface area contributed by atoms with Crippen LogP contribution in [0, 0.1) is 5.41 Å². The van der Waals surface area contributed by atoms with Crippen LogP contribution in [0.2, 0.25) is 0 Å². The van der Waals surface area contributed by atoms with Crippen molar-refractivity contribution < 1.29 is 33.3 Å². The SMILES string of the molecule is C/C(=C\C(=O)N[C@H](C(=O)N1CCCC1C(=O)N(C)C1CCCCC1)C(C)(C)C)c1ccc(OP(=O)(O)O)cc1. The van der Waals surface area contributed by atoms with Crippen LogP contribution in [-0.2, 0) is 18.9 Å². The second-order valence-electron chi connectivity index (χ2n) is 11.7. The zero-order valence-electron chi connectivity index (χ0n) is 23.6. The third kappa shape index (κ3) is 8.40. The monoisotopic (exact) mass is 563 g/mol. The summed E-state index contributed by atoms with van der Waals surface area (Å²) >= 11 is 0. The molecule has 2 atom stereocenters. The standard InChI is InChI=1S/C28H42N3O7P/c1-19(20-13-15-22(16-14-20)38-39(35,36)37)18-24(32)29-25(28(2,3)4)27(34)31-17-9-12-23(31)26(33)30(5)21-10-7-6-8-11-21/h13-16,18,21,23,25H,6-12,17H2,1-5H3,(H,29,32)(H2,35,36,37)/b19-18+/t23?,25-/m1/s1. The summed E-state index contributed by atoms with van der Waals surface area (Å²) in [6, 6.07) is 4.84. The minimum Gasteiger partial charge on any atom is -0.404 e. The highest BCUT2D eigenvalue weighted by Gasteiger charge is 2.43. The maximum Gasteiger partial charge on any atom is 0.524 e. The lowest BCUT2D eigenvalue weighted by atomic mass is 9.85. The molecule has 1 aromatic carbocycles. The Morgan fingerprint density at radius 3 is 2.26 bits per heavy atom. The lowest BCUT2D eigenvalue weighted by Crippen LogP contribution is -2.58. The molecule has 1 heterocycles. The molecule has 0 aromatic heterocycles. The molecule has 11 heteroatoms. The van der Waals surface area contributed by atoms with Gasteiger partial charge in [-0.25, -0.2) is 4.57 Å². The molecular formula is C28H42N3O7P. The van der Waals surface area contributed by atoms with E-state index < -0.39 is 31.2 Å². The summed E-state index contributed by atoms with van der Waals surface area (Å²) in [4.78, 5) is 61.6. The van der Waals surface area contributed by atoms with Gasteiger partial charge in [0.1, 0.15) is 17.8 Å². The van der Waals surface area contributed by atoms with Gasteiger partial charge in [0.15, 0.2) is 0 Å². The first-order chi connectivity index (χ1) is 18.2. The van der Waals surface area contributed by atoms with Gasteiger partial charge in [0.05, 0.1) is 0 Å². The van der Waals surface area contributed by atoms with Gasteiger partial charge in [0, 0.05) is 25.7 Å². The van der Waals surface area contributed by atoms with Crippen LogP contribution in [0.25, 0.3) is 5.57 Å². The van der Waals surface area contributed by atoms with E-state index in [1.165, 1.54) is 24.6 Å². The summed E-state index contributed by atoms with van der Waals surface area (Å²) in [5, 5.41) is 2.87. The number of rotatable bonds is 8. The Balaban J connectivity index is 1.71. The zero-order chi connectivity index (χ0) is 29.0. The Morgan fingerprint density at radius 2 is 1.69 bits per heavy atom. The van der Waals surface area contributed by atoms with Gasteiger partial charge < -0.3 is 19.6 Å². The second kappa shape index (κ2) is 12.7. The van der Waals surface area contributed by atoms with E-state index in [9.17, 15) is 18.9 Å². The highest BCUT2D eigenvalue weighted by atomic mass is 31.2. The Labute approximate surface area is 231 Å². The van der Waals surface area contributed by atoms with Crippen LogP contribution in [0.4, 0.5) is 0 Å². The number of carbonyl (C=O) groups is 3. The minimum atomic E-state index is -4.66. The molecule has 2 aliphatic rings. The molecule has 2 fully saturated rings. The first-order valence-corrected chi connectivity index (χ1v) is 15.1. The van der Waals surface area contributed by atoms with E-state index in [1.54, 1.807) is 24.0 Å². The summed E-state index contributed by atoms with van der Waals surface area (Å²) in [6.07, 6.45) is 8.17. The lowest BCUT2D eigenvalue weighted by molar-refractivity contribution is -0.147. The highest BCUT2D eigenvalue weighted by Crippen LogP contribution is 2.37. The predicted molar refractivity (Wildman–Crippen MR) is 149 cm³/mol. The number of phosphoric ester groups is 1. The van der Waals surface area contributed by atoms with Crippen LogP contribution in [0.3, 0.4) is 0 Å². The van der Waals surface area contributed by atoms with Gasteiger partial charge in [-0.15, -0.1) is 0 Å². The van der Waals surface area contributed by atoms with E-state index in [1.807, 2.05) is 32.7 Å². The van der Waals surface area contributed by atoms with Crippen molar-refractivity contribution in [3.8, 4) is 5.75 Å². The fourth-order valence-electron chi connectivity index (χ4n) is 5.36. The third-order valence-corrected chi connectivity index (χ3v) is 8.02. The first kappa shape index (κ1) is 30.9. The van der Waals surface area contributed by atoms with Crippen LogP contribution in [0.15, 0.2) is 30.3 Å². The number of nitrogens with zero attached hydrogens (tertiary/aromatic N) is 2. The molecule has 216 valence electrons. The van der Waals surface area contributed by atoms with E-state index in [4.69, 9.17) is 9.79 Å². The molecule has 1 unspecified atom stereocenters. The summed E-state index contributed by atoms with van der Waals surface area (Å²) in [7, 11) is -2.81. The van der Waals surface area contributed by atoms with Crippen LogP contribution in [0.1, 0.15) is 78.2 Å². The summed E-state index contributed by atoms with van der Waals surface area (Å²) in [5.74, 6) is -0.716. The molecule has 39 heavy (non-hydrogen) atoms. The maximum atomic E-state index is 13.8. The van der Waals surface area contributed by atoms with Crippen molar-refractivity contribution in [2.45, 2.75) is 90.8 Å². The average molecular weight is 564 g/mol. The van der Waals surface area contributed by atoms with E-state index in [0.29, 0.717) is 24.1 Å². The molecular weight excluding hydrogens is 521 g/mol. The van der Waals surface area contributed by atoms with Gasteiger partial charge in [-0.1, -0.05) is 52.2 Å². The van der Waals surface area contributed by atoms with Crippen LogP contribution in [-0.4, -0.2) is 69.0 Å². The molecule has 1 aliphatic carbocycles. The van der Waals surface area contributed by atoms with Gasteiger partial charge in [-0.05, 0) is 61.3 Å². The van der Waals surface area contributed by atoms with E-state index in [-0.39, 0.29) is 23.6 Å². The fraction of sp³-hybridized carbons (Fsp3) is 0.607. The molecule has 1 saturated carbocycles. The number of allylic oxidation sites excluding steroid dienone is 1. The van der Waals surface area contributed by atoms with E-state index >= 15 is 0 Å². The van der Waals surface area contributed by atoms with E-state index in [2.05, 4.69) is 9.84 Å². The average Bonchev–Trinajstić information content (AvgIpc) is 3.35. The Morgan fingerprint density at radius 1 is 1.08 bits per heavy atom. The summed E-state index contributed by atoms with van der Waals surface area (Å²) in [6.45, 7) is 7.85. The van der Waals surface area contributed by atoms with Gasteiger partial charge >= 0.3 is 7.82 Å². The van der Waals surface area contributed by atoms with Crippen molar-refractivity contribution in [1.29, 1.82) is 0 Å². The molecule has 0 bridgehead atoms. The molecule has 1 aliphatic heterocycles. The predicted octanol–water partition coefficient (Wildman–Crippen LogP) is 3.87. The van der Waals surface area contributed by atoms with Crippen LogP contribution < -0.4 is 9.84 Å². The second-order valence-corrected chi connectivity index (χ2v) is 12.8. The number of nitrogens with one attached hydrogen (secondary N) is 1. The smallest absolute Gasteiger partial charge is 0.404 e. The Kier molecular flexibility index (Phi) is 10.0. The quantitative estimate of drug-likeness (QED) is 0.323. The van der Waals surface area contributed by atoms with Gasteiger partial charge in [0.2, 0.25) is 17.7 Å². The fourth-order valence-corrected chi connectivity index (χ4v) is 5.76. The van der Waals surface area contributed by atoms with Crippen molar-refractivity contribution in [2.24, 2.45) is 5.41 Å². The van der Waals surface area contributed by atoms with Crippen molar-refractivity contribution in [2.75, 3.05) is 13.6 Å². The third-order valence-electron chi connectivity index (χ3n) is 7.57. The molecule has 1 aromatic rings. The van der Waals surface area contributed by atoms with Crippen molar-refractivity contribution in [3.05, 3.63) is 35.9 Å². The van der Waals surface area contributed by atoms with Crippen molar-refractivity contribution in [3.63, 3.8) is 0 Å². The highest BCUT2D eigenvalue weighted by molar-refractivity contribution is 7.46. The normalized spacial score (nSPS) is 19.9. The Bertz CT molecular complexity index is 1120. The summed E-state index contributed by atoms with van der Waals surface area (Å²) in [5.41, 5.74) is 0.651. The molecule has 3 amide bonds. The van der Waals surface area contributed by atoms with E-state index in [0.717, 1.165) is 32.1 Å². The molecule has 0 spiro atoms. The number of likely N-dealkylation sites (N-methyl/N-ethyl adjacent to an activating group) is 1. The van der Waals surface area contributed by atoms with Gasteiger partial charge in [0.25, 0.3) is 0 Å². The first-order valence-electron chi connectivity index (χ1n) is 13.6. The number of benzene rings is 1. The molecule has 3 rings (SSSR count). The summed E-state index contributed by atoms with van der Waals surface area (Å²) < 4.78 is 15.6. The Hall–Kier alpha value is -2.68. The van der Waals surface area contributed by atoms with Crippen LogP contribution >= 0.6 is 7.82 Å². The zero-order valence-corrected chi connectivity index (χ0v) is 24.4. The number of carbonyl (C=O) groups excluding carboxylic acids is 3. The number of amides is 3. The maximum absolute atomic E-state index is 13.8. The number of hydrogen-bond acceptors (Lipinski definition) is 5. The lowest BCUT2D eigenvalue weighted by Gasteiger charge is -2.38. The number of likely N-dealkylation sites (tertiary alicyclic amines) is 1. The number of phosphoric acid groups is 1. The van der Waals surface area contributed by atoms with Crippen molar-refractivity contribution in [1.82, 2.24) is 15.1 Å². The van der Waals surface area contributed by atoms with Gasteiger partial charge in [-0.2, -0.15) is 0 Å². The molecule has 10 nitrogen and oxygen atoms in total. The molecule has 1 saturated heterocycles.